The van der Waals surface area contributed by atoms with E-state index in [2.05, 4.69) is 4.98 Å². The second-order valence-electron chi connectivity index (χ2n) is 2.56. The zero-order valence-corrected chi connectivity index (χ0v) is 7.80. The number of hydrogen-bond acceptors (Lipinski definition) is 6. The van der Waals surface area contributed by atoms with Gasteiger partial charge in [-0.15, -0.1) is 0 Å². The summed E-state index contributed by atoms with van der Waals surface area (Å²) < 4.78 is 4.82. The Morgan fingerprint density at radius 2 is 2.29 bits per heavy atom. The minimum Gasteiger partial charge on any atom is -0.481 e. The van der Waals surface area contributed by atoms with Gasteiger partial charge in [0, 0.05) is 19.2 Å². The number of aromatic nitrogens is 1. The third-order valence-corrected chi connectivity index (χ3v) is 1.57. The average Bonchev–Trinajstić information content (AvgIpc) is 2.16. The summed E-state index contributed by atoms with van der Waals surface area (Å²) in [5.74, 6) is 5.73. The molecule has 0 amide bonds. The van der Waals surface area contributed by atoms with Gasteiger partial charge in [-0.05, 0) is 0 Å². The molecule has 1 aromatic rings. The Balaban J connectivity index is 3.24. The zero-order chi connectivity index (χ0) is 10.7. The van der Waals surface area contributed by atoms with Crippen molar-refractivity contribution in [3.8, 4) is 5.88 Å². The van der Waals surface area contributed by atoms with Gasteiger partial charge in [0.05, 0.1) is 12.0 Å². The van der Waals surface area contributed by atoms with Gasteiger partial charge in [0.1, 0.15) is 0 Å². The van der Waals surface area contributed by atoms with Crippen LogP contribution in [0.25, 0.3) is 0 Å². The van der Waals surface area contributed by atoms with Crippen molar-refractivity contribution in [1.82, 2.24) is 4.98 Å². The van der Waals surface area contributed by atoms with Crippen LogP contribution in [0.3, 0.4) is 0 Å². The minimum absolute atomic E-state index is 0.0642. The first kappa shape index (κ1) is 10.2. The Bertz CT molecular complexity index is 353. The normalized spacial score (nSPS) is 9.64. The van der Waals surface area contributed by atoms with E-state index in [0.717, 1.165) is 5.01 Å². The second-order valence-corrected chi connectivity index (χ2v) is 2.56. The van der Waals surface area contributed by atoms with Crippen molar-refractivity contribution in [2.24, 2.45) is 5.84 Å². The molecule has 2 N–H and O–H groups in total. The quantitative estimate of drug-likeness (QED) is 0.426. The van der Waals surface area contributed by atoms with Gasteiger partial charge in [0.15, 0.2) is 0 Å². The molecule has 7 heteroatoms. The largest absolute Gasteiger partial charge is 0.481 e. The molecule has 0 aliphatic rings. The summed E-state index contributed by atoms with van der Waals surface area (Å²) in [4.78, 5) is 13.9. The molecule has 0 saturated carbocycles. The molecule has 0 aliphatic heterocycles. The number of hydrogen-bond donors (Lipinski definition) is 1. The summed E-state index contributed by atoms with van der Waals surface area (Å²) in [6, 6.07) is 2.70. The molecule has 0 aromatic carbocycles. The van der Waals surface area contributed by atoms with Crippen LogP contribution in [0.4, 0.5) is 11.5 Å². The van der Waals surface area contributed by atoms with Crippen molar-refractivity contribution in [1.29, 1.82) is 0 Å². The van der Waals surface area contributed by atoms with Crippen LogP contribution in [-0.4, -0.2) is 24.1 Å². The Morgan fingerprint density at radius 3 is 2.71 bits per heavy atom. The summed E-state index contributed by atoms with van der Waals surface area (Å²) in [6.07, 6.45) is 0. The van der Waals surface area contributed by atoms with Gasteiger partial charge in [0.2, 0.25) is 11.7 Å². The van der Waals surface area contributed by atoms with Gasteiger partial charge in [0.25, 0.3) is 0 Å². The number of nitrogens with zero attached hydrogens (tertiary/aromatic N) is 3. The summed E-state index contributed by atoms with van der Waals surface area (Å²) in [6.45, 7) is 0. The molecule has 0 fully saturated rings. The Hall–Kier alpha value is -1.89. The third-order valence-electron chi connectivity index (χ3n) is 1.57. The van der Waals surface area contributed by atoms with Crippen LogP contribution in [-0.2, 0) is 0 Å². The number of ether oxygens (including phenoxy) is 1. The van der Waals surface area contributed by atoms with Crippen molar-refractivity contribution >= 4 is 11.5 Å². The maximum Gasteiger partial charge on any atom is 0.313 e. The van der Waals surface area contributed by atoms with Crippen LogP contribution >= 0.6 is 0 Å². The standard InChI is InChI=1S/C7H10N4O3/c1-10(8)7-5(11(12)13)3-4-6(9-7)14-2/h3-4H,8H2,1-2H3. The fourth-order valence-electron chi connectivity index (χ4n) is 0.939. The van der Waals surface area contributed by atoms with Crippen molar-refractivity contribution in [3.05, 3.63) is 22.2 Å². The molecule has 0 bridgehead atoms. The number of hydrazine groups is 1. The van der Waals surface area contributed by atoms with Crippen molar-refractivity contribution < 1.29 is 9.66 Å². The zero-order valence-electron chi connectivity index (χ0n) is 7.80. The van der Waals surface area contributed by atoms with Gasteiger partial charge < -0.3 is 4.74 Å². The molecular weight excluding hydrogens is 188 g/mol. The lowest BCUT2D eigenvalue weighted by Crippen LogP contribution is -2.27. The smallest absolute Gasteiger partial charge is 0.313 e. The van der Waals surface area contributed by atoms with Gasteiger partial charge in [-0.1, -0.05) is 0 Å². The Labute approximate surface area is 80.2 Å². The molecule has 0 radical (unpaired) electrons. The Morgan fingerprint density at radius 1 is 1.64 bits per heavy atom. The topological polar surface area (TPSA) is 94.5 Å². The van der Waals surface area contributed by atoms with Crippen LogP contribution < -0.4 is 15.6 Å². The molecule has 0 saturated heterocycles. The van der Waals surface area contributed by atoms with E-state index in [1.807, 2.05) is 0 Å². The highest BCUT2D eigenvalue weighted by Gasteiger charge is 2.18. The second kappa shape index (κ2) is 3.88. The number of anilines is 1. The van der Waals surface area contributed by atoms with Crippen LogP contribution in [0.1, 0.15) is 0 Å². The monoisotopic (exact) mass is 198 g/mol. The molecule has 0 atom stereocenters. The van der Waals surface area contributed by atoms with Crippen LogP contribution in [0.2, 0.25) is 0 Å². The predicted octanol–water partition coefficient (Wildman–Crippen LogP) is 0.308. The van der Waals surface area contributed by atoms with E-state index in [-0.39, 0.29) is 17.4 Å². The van der Waals surface area contributed by atoms with Crippen molar-refractivity contribution in [2.75, 3.05) is 19.2 Å². The van der Waals surface area contributed by atoms with Gasteiger partial charge in [-0.2, -0.15) is 4.98 Å². The third kappa shape index (κ3) is 1.88. The number of rotatable bonds is 3. The highest BCUT2D eigenvalue weighted by atomic mass is 16.6. The molecular formula is C7H10N4O3. The van der Waals surface area contributed by atoms with E-state index in [4.69, 9.17) is 10.6 Å². The maximum absolute atomic E-state index is 10.6. The van der Waals surface area contributed by atoms with Gasteiger partial charge in [-0.3, -0.25) is 15.1 Å². The predicted molar refractivity (Wildman–Crippen MR) is 50.0 cm³/mol. The molecule has 1 aromatic heterocycles. The Kier molecular flexibility index (Phi) is 2.82. The van der Waals surface area contributed by atoms with E-state index < -0.39 is 4.92 Å². The number of nitrogens with two attached hydrogens (primary N) is 1. The summed E-state index contributed by atoms with van der Waals surface area (Å²) >= 11 is 0. The molecule has 1 heterocycles. The van der Waals surface area contributed by atoms with Gasteiger partial charge >= 0.3 is 5.69 Å². The number of nitro groups is 1. The van der Waals surface area contributed by atoms with Crippen LogP contribution in [0.15, 0.2) is 12.1 Å². The molecule has 0 unspecified atom stereocenters. The van der Waals surface area contributed by atoms with E-state index in [1.54, 1.807) is 0 Å². The molecule has 0 aliphatic carbocycles. The van der Waals surface area contributed by atoms with E-state index in [0.29, 0.717) is 0 Å². The van der Waals surface area contributed by atoms with Crippen molar-refractivity contribution in [3.63, 3.8) is 0 Å². The molecule has 14 heavy (non-hydrogen) atoms. The van der Waals surface area contributed by atoms with E-state index in [1.165, 1.54) is 26.3 Å². The summed E-state index contributed by atoms with van der Waals surface area (Å²) in [7, 11) is 2.89. The number of pyridine rings is 1. The first-order valence-electron chi connectivity index (χ1n) is 3.74. The lowest BCUT2D eigenvalue weighted by atomic mass is 10.4. The molecule has 0 spiro atoms. The molecule has 1 rings (SSSR count). The SMILES string of the molecule is COc1ccc([N+](=O)[O-])c(N(C)N)n1. The van der Waals surface area contributed by atoms with Crippen LogP contribution in [0, 0.1) is 10.1 Å². The van der Waals surface area contributed by atoms with Crippen molar-refractivity contribution in [2.45, 2.75) is 0 Å². The van der Waals surface area contributed by atoms with Gasteiger partial charge in [-0.25, -0.2) is 5.84 Å². The molecule has 76 valence electrons. The first-order chi connectivity index (χ1) is 6.56. The first-order valence-corrected chi connectivity index (χ1v) is 3.74. The highest BCUT2D eigenvalue weighted by molar-refractivity contribution is 5.57. The fourth-order valence-corrected chi connectivity index (χ4v) is 0.939. The minimum atomic E-state index is -0.550. The summed E-state index contributed by atoms with van der Waals surface area (Å²) in [5.41, 5.74) is -0.157. The average molecular weight is 198 g/mol. The highest BCUT2D eigenvalue weighted by Crippen LogP contribution is 2.25. The maximum atomic E-state index is 10.6. The number of methoxy groups -OCH3 is 1. The fraction of sp³-hybridized carbons (Fsp3) is 0.286. The van der Waals surface area contributed by atoms with E-state index >= 15 is 0 Å². The lowest BCUT2D eigenvalue weighted by molar-refractivity contribution is -0.384. The lowest BCUT2D eigenvalue weighted by Gasteiger charge is -2.11. The van der Waals surface area contributed by atoms with E-state index in [9.17, 15) is 10.1 Å². The van der Waals surface area contributed by atoms with Crippen LogP contribution in [0.5, 0.6) is 5.88 Å². The molecule has 7 nitrogen and oxygen atoms in total. The summed E-state index contributed by atoms with van der Waals surface area (Å²) in [5, 5.41) is 11.6.